The van der Waals surface area contributed by atoms with E-state index in [1.54, 1.807) is 0 Å². The Hall–Kier alpha value is -0.0800. The van der Waals surface area contributed by atoms with E-state index in [0.29, 0.717) is 6.04 Å². The molecule has 0 aliphatic heterocycles. The molecule has 1 rings (SSSR count). The minimum Gasteiger partial charge on any atom is -0.675 e. The first-order chi connectivity index (χ1) is 4.20. The number of nitrogens with one attached hydrogen (secondary N) is 1. The lowest BCUT2D eigenvalue weighted by molar-refractivity contribution is 0.298. The third-order valence-corrected chi connectivity index (χ3v) is 2.14. The monoisotopic (exact) mass is 127 g/mol. The molecule has 1 aliphatic rings. The molecule has 1 fully saturated rings. The van der Waals surface area contributed by atoms with Gasteiger partial charge < -0.3 is 10.6 Å². The molecule has 0 heterocycles. The van der Waals surface area contributed by atoms with Crippen molar-refractivity contribution in [3.8, 4) is 0 Å². The van der Waals surface area contributed by atoms with E-state index in [0.717, 1.165) is 12.8 Å². The van der Waals surface area contributed by atoms with E-state index in [4.69, 9.17) is 5.73 Å². The van der Waals surface area contributed by atoms with Crippen LogP contribution in [0.3, 0.4) is 0 Å². The van der Waals surface area contributed by atoms with Crippen molar-refractivity contribution in [2.75, 3.05) is 14.1 Å². The topological polar surface area (TPSA) is 27.0 Å². The first-order valence-corrected chi connectivity index (χ1v) is 3.57. The number of hydrogen-bond acceptors (Lipinski definition) is 1. The van der Waals surface area contributed by atoms with Gasteiger partial charge in [0, 0.05) is 6.04 Å². The van der Waals surface area contributed by atoms with Gasteiger partial charge in [-0.15, -0.1) is 6.04 Å². The van der Waals surface area contributed by atoms with E-state index in [-0.39, 0.29) is 6.04 Å². The molecular weight excluding hydrogens is 112 g/mol. The summed E-state index contributed by atoms with van der Waals surface area (Å²) in [6.07, 6.45) is 3.40. The summed E-state index contributed by atoms with van der Waals surface area (Å²) in [5, 5.41) is 0. The molecule has 54 valence electrons. The van der Waals surface area contributed by atoms with Crippen molar-refractivity contribution >= 4 is 0 Å². The van der Waals surface area contributed by atoms with Gasteiger partial charge in [-0.1, -0.05) is 12.8 Å². The maximum Gasteiger partial charge on any atom is 0.00747 e. The van der Waals surface area contributed by atoms with E-state index in [1.807, 2.05) is 0 Å². The molecule has 1 aliphatic carbocycles. The summed E-state index contributed by atoms with van der Waals surface area (Å²) in [5.74, 6) is 0. The molecule has 0 saturated heterocycles. The Morgan fingerprint density at radius 1 is 1.33 bits per heavy atom. The van der Waals surface area contributed by atoms with Crippen LogP contribution in [0.15, 0.2) is 0 Å². The third kappa shape index (κ3) is 1.66. The minimum absolute atomic E-state index is 0.220. The van der Waals surface area contributed by atoms with E-state index in [1.165, 1.54) is 6.42 Å². The molecule has 2 nitrogen and oxygen atoms in total. The van der Waals surface area contributed by atoms with E-state index in [2.05, 4.69) is 19.0 Å². The standard InChI is InChI=1S/C7H15N2/c1-9(2)7-4-3-6(8)5-7/h6-8H,3-5H2,1-2H3/q-1. The normalized spacial score (nSPS) is 36.0. The summed E-state index contributed by atoms with van der Waals surface area (Å²) in [7, 11) is 4.20. The van der Waals surface area contributed by atoms with Crippen LogP contribution >= 0.6 is 0 Å². The molecule has 0 bridgehead atoms. The van der Waals surface area contributed by atoms with Gasteiger partial charge in [-0.05, 0) is 20.5 Å². The van der Waals surface area contributed by atoms with Crippen molar-refractivity contribution in [3.63, 3.8) is 0 Å². The Morgan fingerprint density at radius 2 is 2.00 bits per heavy atom. The quantitative estimate of drug-likeness (QED) is 0.524. The highest BCUT2D eigenvalue weighted by Gasteiger charge is 2.18. The number of hydrogen-bond donors (Lipinski definition) is 0. The highest BCUT2D eigenvalue weighted by Crippen LogP contribution is 2.23. The largest absolute Gasteiger partial charge is 0.675 e. The summed E-state index contributed by atoms with van der Waals surface area (Å²) >= 11 is 0. The lowest BCUT2D eigenvalue weighted by Crippen LogP contribution is -2.24. The summed E-state index contributed by atoms with van der Waals surface area (Å²) in [6.45, 7) is 0. The van der Waals surface area contributed by atoms with Crippen LogP contribution in [-0.2, 0) is 0 Å². The summed E-state index contributed by atoms with van der Waals surface area (Å²) in [4.78, 5) is 2.23. The van der Waals surface area contributed by atoms with Crippen LogP contribution in [0.25, 0.3) is 5.73 Å². The van der Waals surface area contributed by atoms with Crippen LogP contribution in [0.4, 0.5) is 0 Å². The van der Waals surface area contributed by atoms with Gasteiger partial charge in [0.25, 0.3) is 0 Å². The van der Waals surface area contributed by atoms with Gasteiger partial charge in [-0.2, -0.15) is 0 Å². The SMILES string of the molecule is CN(C)C1CCC([NH-])C1. The molecular formula is C7H15N2-. The van der Waals surface area contributed by atoms with Gasteiger partial charge in [0.2, 0.25) is 0 Å². The first kappa shape index (κ1) is 7.03. The van der Waals surface area contributed by atoms with E-state index in [9.17, 15) is 0 Å². The molecule has 0 radical (unpaired) electrons. The fourth-order valence-corrected chi connectivity index (χ4v) is 1.43. The highest BCUT2D eigenvalue weighted by molar-refractivity contribution is 4.88. The van der Waals surface area contributed by atoms with Crippen LogP contribution in [0.1, 0.15) is 19.3 Å². The van der Waals surface area contributed by atoms with E-state index < -0.39 is 0 Å². The predicted octanol–water partition coefficient (Wildman–Crippen LogP) is 1.52. The molecule has 0 amide bonds. The van der Waals surface area contributed by atoms with Crippen LogP contribution in [0, 0.1) is 0 Å². The molecule has 2 unspecified atom stereocenters. The molecule has 1 N–H and O–H groups in total. The van der Waals surface area contributed by atoms with Crippen molar-refractivity contribution in [2.24, 2.45) is 0 Å². The average molecular weight is 127 g/mol. The molecule has 0 aromatic heterocycles. The van der Waals surface area contributed by atoms with Crippen LogP contribution in [-0.4, -0.2) is 31.1 Å². The maximum absolute atomic E-state index is 7.43. The Bertz CT molecular complexity index is 90.9. The first-order valence-electron chi connectivity index (χ1n) is 3.57. The van der Waals surface area contributed by atoms with Crippen molar-refractivity contribution in [1.29, 1.82) is 0 Å². The van der Waals surface area contributed by atoms with E-state index >= 15 is 0 Å². The average Bonchev–Trinajstić information content (AvgIpc) is 2.14. The second-order valence-corrected chi connectivity index (χ2v) is 3.13. The molecule has 0 aromatic rings. The van der Waals surface area contributed by atoms with Gasteiger partial charge in [0.05, 0.1) is 0 Å². The van der Waals surface area contributed by atoms with Crippen molar-refractivity contribution in [1.82, 2.24) is 4.90 Å². The molecule has 1 saturated carbocycles. The van der Waals surface area contributed by atoms with Gasteiger partial charge in [0.1, 0.15) is 0 Å². The van der Waals surface area contributed by atoms with Gasteiger partial charge in [-0.25, -0.2) is 0 Å². The Morgan fingerprint density at radius 3 is 2.22 bits per heavy atom. The second kappa shape index (κ2) is 2.67. The van der Waals surface area contributed by atoms with Crippen LogP contribution < -0.4 is 0 Å². The highest BCUT2D eigenvalue weighted by atomic mass is 15.1. The lowest BCUT2D eigenvalue weighted by Gasteiger charge is -2.19. The van der Waals surface area contributed by atoms with Crippen LogP contribution in [0.5, 0.6) is 0 Å². The zero-order valence-corrected chi connectivity index (χ0v) is 6.22. The predicted molar refractivity (Wildman–Crippen MR) is 39.4 cm³/mol. The maximum atomic E-state index is 7.43. The molecule has 0 aromatic carbocycles. The third-order valence-electron chi connectivity index (χ3n) is 2.14. The van der Waals surface area contributed by atoms with Gasteiger partial charge in [0.15, 0.2) is 0 Å². The zero-order valence-electron chi connectivity index (χ0n) is 6.22. The minimum atomic E-state index is 0.220. The van der Waals surface area contributed by atoms with Crippen LogP contribution in [0.2, 0.25) is 0 Å². The molecule has 0 spiro atoms. The summed E-state index contributed by atoms with van der Waals surface area (Å²) < 4.78 is 0. The Balaban J connectivity index is 2.30. The number of rotatable bonds is 1. The van der Waals surface area contributed by atoms with Crippen molar-refractivity contribution < 1.29 is 0 Å². The van der Waals surface area contributed by atoms with Crippen molar-refractivity contribution in [2.45, 2.75) is 31.3 Å². The van der Waals surface area contributed by atoms with Gasteiger partial charge >= 0.3 is 0 Å². The zero-order chi connectivity index (χ0) is 6.85. The fraction of sp³-hybridized carbons (Fsp3) is 1.00. The Labute approximate surface area is 57.0 Å². The summed E-state index contributed by atoms with van der Waals surface area (Å²) in [5.41, 5.74) is 7.43. The fourth-order valence-electron chi connectivity index (χ4n) is 1.43. The van der Waals surface area contributed by atoms with Crippen molar-refractivity contribution in [3.05, 3.63) is 5.73 Å². The molecule has 2 atom stereocenters. The smallest absolute Gasteiger partial charge is 0.00747 e. The lowest BCUT2D eigenvalue weighted by atomic mass is 10.2. The Kier molecular flexibility index (Phi) is 2.09. The molecule has 9 heavy (non-hydrogen) atoms. The number of nitrogens with zero attached hydrogens (tertiary/aromatic N) is 1. The summed E-state index contributed by atoms with van der Waals surface area (Å²) in [6, 6.07) is 0.907. The molecule has 2 heteroatoms. The van der Waals surface area contributed by atoms with Gasteiger partial charge in [-0.3, -0.25) is 0 Å². The second-order valence-electron chi connectivity index (χ2n) is 3.13.